The first-order valence-corrected chi connectivity index (χ1v) is 7.27. The fourth-order valence-corrected chi connectivity index (χ4v) is 2.67. The van der Waals surface area contributed by atoms with Gasteiger partial charge in [-0.2, -0.15) is 0 Å². The van der Waals surface area contributed by atoms with Gasteiger partial charge >= 0.3 is 0 Å². The summed E-state index contributed by atoms with van der Waals surface area (Å²) < 4.78 is 5.65. The van der Waals surface area contributed by atoms with E-state index in [2.05, 4.69) is 13.8 Å². The van der Waals surface area contributed by atoms with Gasteiger partial charge in [0.2, 0.25) is 5.78 Å². The normalized spacial score (nSPS) is 11.4. The quantitative estimate of drug-likeness (QED) is 0.655. The summed E-state index contributed by atoms with van der Waals surface area (Å²) in [5, 5.41) is 1.45. The first-order chi connectivity index (χ1) is 9.17. The summed E-state index contributed by atoms with van der Waals surface area (Å²) in [6, 6.07) is 7.36. The third kappa shape index (κ3) is 3.01. The molecule has 1 aromatic heterocycles. The van der Waals surface area contributed by atoms with Crippen LogP contribution >= 0.6 is 11.6 Å². The molecule has 0 aliphatic rings. The average Bonchev–Trinajstić information content (AvgIpc) is 2.83. The summed E-state index contributed by atoms with van der Waals surface area (Å²) in [7, 11) is 0. The van der Waals surface area contributed by atoms with E-state index in [4.69, 9.17) is 16.0 Å². The summed E-state index contributed by atoms with van der Waals surface area (Å²) in [6.45, 7) is 4.21. The molecule has 0 aliphatic carbocycles. The second-order valence-electron chi connectivity index (χ2n) is 4.91. The van der Waals surface area contributed by atoms with Crippen LogP contribution in [-0.2, 0) is 0 Å². The minimum atomic E-state index is 0.0642. The lowest BCUT2D eigenvalue weighted by Gasteiger charge is -2.11. The fraction of sp³-hybridized carbons (Fsp3) is 0.438. The van der Waals surface area contributed by atoms with E-state index in [1.165, 1.54) is 0 Å². The van der Waals surface area contributed by atoms with E-state index in [1.807, 2.05) is 18.2 Å². The number of carbonyl (C=O) groups is 1. The van der Waals surface area contributed by atoms with E-state index in [9.17, 15) is 4.79 Å². The molecule has 0 N–H and O–H groups in total. The van der Waals surface area contributed by atoms with E-state index in [0.717, 1.165) is 31.1 Å². The molecule has 19 heavy (non-hydrogen) atoms. The van der Waals surface area contributed by atoms with E-state index < -0.39 is 0 Å². The summed E-state index contributed by atoms with van der Waals surface area (Å²) in [5.41, 5.74) is 0.610. The van der Waals surface area contributed by atoms with Gasteiger partial charge < -0.3 is 4.42 Å². The van der Waals surface area contributed by atoms with Gasteiger partial charge in [0, 0.05) is 11.3 Å². The third-order valence-corrected chi connectivity index (χ3v) is 3.68. The second kappa shape index (κ2) is 6.25. The van der Waals surface area contributed by atoms with Gasteiger partial charge in [-0.25, -0.2) is 0 Å². The maximum absolute atomic E-state index is 12.5. The zero-order chi connectivity index (χ0) is 13.8. The van der Waals surface area contributed by atoms with Crippen molar-refractivity contribution in [3.8, 4) is 0 Å². The van der Waals surface area contributed by atoms with Gasteiger partial charge in [0.25, 0.3) is 0 Å². The number of fused-ring (bicyclic) bond motifs is 1. The van der Waals surface area contributed by atoms with Gasteiger partial charge in [0.1, 0.15) is 0 Å². The lowest BCUT2D eigenvalue weighted by atomic mass is 9.92. The highest BCUT2D eigenvalue weighted by Gasteiger charge is 2.22. The number of Topliss-reactive ketones (excluding diaryl/α,β-unsaturated/α-hetero) is 1. The van der Waals surface area contributed by atoms with Gasteiger partial charge in [-0.1, -0.05) is 50.4 Å². The predicted octanol–water partition coefficient (Wildman–Crippen LogP) is 5.49. The molecule has 1 aromatic carbocycles. The van der Waals surface area contributed by atoms with Crippen LogP contribution in [0.1, 0.15) is 50.1 Å². The molecule has 2 nitrogen and oxygen atoms in total. The van der Waals surface area contributed by atoms with Crippen LogP contribution in [0.15, 0.2) is 28.7 Å². The number of rotatable bonds is 6. The number of halogens is 1. The molecule has 0 atom stereocenters. The van der Waals surface area contributed by atoms with Crippen LogP contribution in [0.25, 0.3) is 11.0 Å². The first kappa shape index (κ1) is 14.1. The highest BCUT2D eigenvalue weighted by molar-refractivity contribution is 6.34. The van der Waals surface area contributed by atoms with Gasteiger partial charge in [0.15, 0.2) is 11.3 Å². The third-order valence-electron chi connectivity index (χ3n) is 3.38. The van der Waals surface area contributed by atoms with E-state index in [1.54, 1.807) is 6.07 Å². The van der Waals surface area contributed by atoms with Crippen LogP contribution in [-0.4, -0.2) is 5.78 Å². The van der Waals surface area contributed by atoms with Crippen LogP contribution in [0.3, 0.4) is 0 Å². The van der Waals surface area contributed by atoms with Crippen molar-refractivity contribution >= 4 is 28.4 Å². The number of hydrogen-bond acceptors (Lipinski definition) is 2. The maximum Gasteiger partial charge on any atom is 0.201 e. The van der Waals surface area contributed by atoms with Crippen molar-refractivity contribution in [1.82, 2.24) is 0 Å². The zero-order valence-electron chi connectivity index (χ0n) is 11.4. The number of hydrogen-bond donors (Lipinski definition) is 0. The molecule has 0 bridgehead atoms. The monoisotopic (exact) mass is 278 g/mol. The Morgan fingerprint density at radius 3 is 2.53 bits per heavy atom. The molecule has 0 radical (unpaired) electrons. The second-order valence-corrected chi connectivity index (χ2v) is 5.31. The Labute approximate surface area is 118 Å². The van der Waals surface area contributed by atoms with Crippen molar-refractivity contribution in [3.05, 3.63) is 35.0 Å². The molecule has 0 aliphatic heterocycles. The Morgan fingerprint density at radius 2 is 1.95 bits per heavy atom. The summed E-state index contributed by atoms with van der Waals surface area (Å²) in [6.07, 6.45) is 3.85. The molecule has 1 heterocycles. The largest absolute Gasteiger partial charge is 0.451 e. The summed E-state index contributed by atoms with van der Waals surface area (Å²) in [5.74, 6) is 0.611. The minimum absolute atomic E-state index is 0.0642. The summed E-state index contributed by atoms with van der Waals surface area (Å²) >= 11 is 6.07. The van der Waals surface area contributed by atoms with Crippen molar-refractivity contribution in [2.75, 3.05) is 0 Å². The Morgan fingerprint density at radius 1 is 1.26 bits per heavy atom. The van der Waals surface area contributed by atoms with Crippen molar-refractivity contribution in [3.63, 3.8) is 0 Å². The van der Waals surface area contributed by atoms with Gasteiger partial charge in [-0.05, 0) is 25.0 Å². The highest BCUT2D eigenvalue weighted by atomic mass is 35.5. The number of benzene rings is 1. The van der Waals surface area contributed by atoms with Crippen molar-refractivity contribution in [1.29, 1.82) is 0 Å². The molecule has 0 spiro atoms. The van der Waals surface area contributed by atoms with Crippen molar-refractivity contribution in [2.24, 2.45) is 5.92 Å². The Kier molecular flexibility index (Phi) is 4.65. The lowest BCUT2D eigenvalue weighted by Crippen LogP contribution is -2.13. The maximum atomic E-state index is 12.5. The van der Waals surface area contributed by atoms with Crippen LogP contribution < -0.4 is 0 Å². The minimum Gasteiger partial charge on any atom is -0.451 e. The van der Waals surface area contributed by atoms with E-state index in [-0.39, 0.29) is 11.7 Å². The van der Waals surface area contributed by atoms with Crippen LogP contribution in [0.5, 0.6) is 0 Å². The van der Waals surface area contributed by atoms with Crippen molar-refractivity contribution in [2.45, 2.75) is 39.5 Å². The molecule has 102 valence electrons. The molecular formula is C16H19ClO2. The van der Waals surface area contributed by atoms with Gasteiger partial charge in [-0.15, -0.1) is 0 Å². The van der Waals surface area contributed by atoms with Crippen LogP contribution in [0.2, 0.25) is 5.02 Å². The molecule has 0 fully saturated rings. The molecule has 0 amide bonds. The Bertz CT molecular complexity index is 565. The van der Waals surface area contributed by atoms with E-state index in [0.29, 0.717) is 16.4 Å². The van der Waals surface area contributed by atoms with Gasteiger partial charge in [0.05, 0.1) is 5.02 Å². The van der Waals surface area contributed by atoms with Crippen molar-refractivity contribution < 1.29 is 9.21 Å². The number of ketones is 1. The lowest BCUT2D eigenvalue weighted by molar-refractivity contribution is 0.0878. The Hall–Kier alpha value is -1.28. The fourth-order valence-electron chi connectivity index (χ4n) is 2.45. The predicted molar refractivity (Wildman–Crippen MR) is 78.9 cm³/mol. The first-order valence-electron chi connectivity index (χ1n) is 6.89. The molecule has 2 aromatic rings. The molecule has 0 saturated heterocycles. The van der Waals surface area contributed by atoms with Gasteiger partial charge in [-0.3, -0.25) is 4.79 Å². The van der Waals surface area contributed by atoms with Crippen LogP contribution in [0, 0.1) is 5.92 Å². The molecule has 2 rings (SSSR count). The highest BCUT2D eigenvalue weighted by Crippen LogP contribution is 2.29. The zero-order valence-corrected chi connectivity index (χ0v) is 12.2. The Balaban J connectivity index is 2.32. The SMILES string of the molecule is CCCC(CCC)C(=O)c1cc2cccc(Cl)c2o1. The molecule has 0 unspecified atom stereocenters. The standard InChI is InChI=1S/C16H19ClO2/c1-3-6-11(7-4-2)15(18)14-10-12-8-5-9-13(17)16(12)19-14/h5,8-11H,3-4,6-7H2,1-2H3. The van der Waals surface area contributed by atoms with Crippen LogP contribution in [0.4, 0.5) is 0 Å². The summed E-state index contributed by atoms with van der Waals surface area (Å²) in [4.78, 5) is 12.5. The smallest absolute Gasteiger partial charge is 0.201 e. The average molecular weight is 279 g/mol. The molecular weight excluding hydrogens is 260 g/mol. The molecule has 0 saturated carbocycles. The number of furan rings is 1. The number of carbonyl (C=O) groups excluding carboxylic acids is 1. The number of para-hydroxylation sites is 1. The molecule has 3 heteroatoms. The van der Waals surface area contributed by atoms with E-state index >= 15 is 0 Å². The topological polar surface area (TPSA) is 30.2 Å².